The van der Waals surface area contributed by atoms with Crippen molar-refractivity contribution in [3.63, 3.8) is 0 Å². The van der Waals surface area contributed by atoms with Gasteiger partial charge in [0.1, 0.15) is 6.10 Å². The number of rotatable bonds is 4. The fourth-order valence-electron chi connectivity index (χ4n) is 2.41. The van der Waals surface area contributed by atoms with Gasteiger partial charge in [0, 0.05) is 38.1 Å². The average molecular weight is 273 g/mol. The van der Waals surface area contributed by atoms with Gasteiger partial charge in [-0.05, 0) is 24.1 Å². The highest BCUT2D eigenvalue weighted by molar-refractivity contribution is 5.12. The highest BCUT2D eigenvalue weighted by Gasteiger charge is 2.24. The number of aromatic nitrogens is 2. The number of hydrogen-bond acceptors (Lipinski definition) is 4. The first-order valence-electron chi connectivity index (χ1n) is 6.70. The van der Waals surface area contributed by atoms with E-state index in [-0.39, 0.29) is 6.10 Å². The molecule has 4 nitrogen and oxygen atoms in total. The quantitative estimate of drug-likeness (QED) is 0.801. The Morgan fingerprint density at radius 1 is 1.30 bits per heavy atom. The molecule has 104 valence electrons. The fourth-order valence-corrected chi connectivity index (χ4v) is 2.41. The lowest BCUT2D eigenvalue weighted by atomic mass is 10.3. The zero-order valence-corrected chi connectivity index (χ0v) is 11.1. The Morgan fingerprint density at radius 3 is 3.05 bits per heavy atom. The van der Waals surface area contributed by atoms with Crippen LogP contribution in [-0.2, 0) is 6.54 Å². The molecule has 1 aliphatic rings. The molecule has 0 saturated carbocycles. The highest BCUT2D eigenvalue weighted by Crippen LogP contribution is 2.18. The largest absolute Gasteiger partial charge is 0.473 e. The van der Waals surface area contributed by atoms with Crippen LogP contribution in [0.5, 0.6) is 5.88 Å². The number of halogens is 1. The van der Waals surface area contributed by atoms with E-state index in [9.17, 15) is 4.39 Å². The first-order chi connectivity index (χ1) is 9.79. The first kappa shape index (κ1) is 13.0. The molecule has 0 aromatic carbocycles. The average Bonchev–Trinajstić information content (AvgIpc) is 2.87. The summed E-state index contributed by atoms with van der Waals surface area (Å²) in [4.78, 5) is 10.1. The second kappa shape index (κ2) is 5.96. The molecule has 1 fully saturated rings. The van der Waals surface area contributed by atoms with Crippen LogP contribution in [0.25, 0.3) is 0 Å². The maximum atomic E-state index is 13.0. The summed E-state index contributed by atoms with van der Waals surface area (Å²) in [5, 5.41) is 0. The van der Waals surface area contributed by atoms with Crippen molar-refractivity contribution in [1.82, 2.24) is 14.9 Å². The Hall–Kier alpha value is -2.01. The molecule has 3 rings (SSSR count). The monoisotopic (exact) mass is 273 g/mol. The SMILES string of the molecule is Fc1cccc(OC2CCN(Cc3cccnc3)C2)n1. The van der Waals surface area contributed by atoms with Crippen LogP contribution >= 0.6 is 0 Å². The van der Waals surface area contributed by atoms with E-state index in [0.29, 0.717) is 5.88 Å². The van der Waals surface area contributed by atoms with Crippen LogP contribution in [0.3, 0.4) is 0 Å². The van der Waals surface area contributed by atoms with E-state index < -0.39 is 5.95 Å². The van der Waals surface area contributed by atoms with Crippen molar-refractivity contribution in [1.29, 1.82) is 0 Å². The highest BCUT2D eigenvalue weighted by atomic mass is 19.1. The van der Waals surface area contributed by atoms with Crippen LogP contribution in [0.1, 0.15) is 12.0 Å². The van der Waals surface area contributed by atoms with Gasteiger partial charge in [0.15, 0.2) is 0 Å². The van der Waals surface area contributed by atoms with E-state index in [4.69, 9.17) is 4.74 Å². The third kappa shape index (κ3) is 3.30. The summed E-state index contributed by atoms with van der Waals surface area (Å²) in [5.74, 6) is -0.147. The Bertz CT molecular complexity index is 564. The third-order valence-electron chi connectivity index (χ3n) is 3.34. The van der Waals surface area contributed by atoms with Gasteiger partial charge in [-0.25, -0.2) is 0 Å². The van der Waals surface area contributed by atoms with E-state index >= 15 is 0 Å². The molecule has 1 unspecified atom stereocenters. The number of pyridine rings is 2. The van der Waals surface area contributed by atoms with Gasteiger partial charge in [-0.1, -0.05) is 12.1 Å². The van der Waals surface area contributed by atoms with Crippen molar-refractivity contribution >= 4 is 0 Å². The molecule has 1 aliphatic heterocycles. The van der Waals surface area contributed by atoms with Crippen LogP contribution < -0.4 is 4.74 Å². The van der Waals surface area contributed by atoms with Gasteiger partial charge in [0.25, 0.3) is 0 Å². The molecule has 3 heterocycles. The van der Waals surface area contributed by atoms with E-state index in [1.54, 1.807) is 18.3 Å². The van der Waals surface area contributed by atoms with Crippen molar-refractivity contribution in [2.24, 2.45) is 0 Å². The zero-order chi connectivity index (χ0) is 13.8. The summed E-state index contributed by atoms with van der Waals surface area (Å²) in [7, 11) is 0. The summed E-state index contributed by atoms with van der Waals surface area (Å²) >= 11 is 0. The van der Waals surface area contributed by atoms with Gasteiger partial charge in [-0.2, -0.15) is 9.37 Å². The van der Waals surface area contributed by atoms with E-state index in [1.165, 1.54) is 11.6 Å². The summed E-state index contributed by atoms with van der Waals surface area (Å²) in [6.45, 7) is 2.66. The number of nitrogens with zero attached hydrogens (tertiary/aromatic N) is 3. The summed E-state index contributed by atoms with van der Waals surface area (Å²) in [6, 6.07) is 8.62. The standard InChI is InChI=1S/C15H16FN3O/c16-14-4-1-5-15(18-14)20-13-6-8-19(11-13)10-12-3-2-7-17-9-12/h1-5,7,9,13H,6,8,10-11H2. The molecular formula is C15H16FN3O. The first-order valence-corrected chi connectivity index (χ1v) is 6.70. The molecule has 0 aliphatic carbocycles. The second-order valence-electron chi connectivity index (χ2n) is 4.92. The Morgan fingerprint density at radius 2 is 2.25 bits per heavy atom. The topological polar surface area (TPSA) is 38.2 Å². The molecular weight excluding hydrogens is 257 g/mol. The van der Waals surface area contributed by atoms with E-state index in [2.05, 4.69) is 20.9 Å². The van der Waals surface area contributed by atoms with Crippen LogP contribution in [0.2, 0.25) is 0 Å². The molecule has 2 aromatic rings. The molecule has 0 radical (unpaired) electrons. The second-order valence-corrected chi connectivity index (χ2v) is 4.92. The van der Waals surface area contributed by atoms with Gasteiger partial charge < -0.3 is 4.74 Å². The fraction of sp³-hybridized carbons (Fsp3) is 0.333. The maximum absolute atomic E-state index is 13.0. The Labute approximate surface area is 117 Å². The van der Waals surface area contributed by atoms with Crippen LogP contribution in [0.4, 0.5) is 4.39 Å². The minimum absolute atomic E-state index is 0.0703. The van der Waals surface area contributed by atoms with Crippen molar-refractivity contribution in [3.05, 3.63) is 54.2 Å². The molecule has 2 aromatic heterocycles. The Kier molecular flexibility index (Phi) is 3.87. The smallest absolute Gasteiger partial charge is 0.216 e. The molecule has 0 bridgehead atoms. The summed E-state index contributed by atoms with van der Waals surface area (Å²) in [5.41, 5.74) is 1.19. The summed E-state index contributed by atoms with van der Waals surface area (Å²) in [6.07, 6.45) is 4.65. The molecule has 1 atom stereocenters. The van der Waals surface area contributed by atoms with Crippen molar-refractivity contribution in [3.8, 4) is 5.88 Å². The molecule has 5 heteroatoms. The number of likely N-dealkylation sites (tertiary alicyclic amines) is 1. The van der Waals surface area contributed by atoms with Gasteiger partial charge in [-0.15, -0.1) is 0 Å². The number of ether oxygens (including phenoxy) is 1. The van der Waals surface area contributed by atoms with E-state index in [0.717, 1.165) is 26.1 Å². The molecule has 0 amide bonds. The molecule has 0 N–H and O–H groups in total. The predicted molar refractivity (Wildman–Crippen MR) is 72.7 cm³/mol. The molecule has 1 saturated heterocycles. The van der Waals surface area contributed by atoms with E-state index in [1.807, 2.05) is 12.3 Å². The van der Waals surface area contributed by atoms with Crippen LogP contribution in [0.15, 0.2) is 42.7 Å². The third-order valence-corrected chi connectivity index (χ3v) is 3.34. The van der Waals surface area contributed by atoms with Gasteiger partial charge in [0.2, 0.25) is 11.8 Å². The van der Waals surface area contributed by atoms with Crippen LogP contribution in [0, 0.1) is 5.95 Å². The van der Waals surface area contributed by atoms with Crippen molar-refractivity contribution < 1.29 is 9.13 Å². The molecule has 0 spiro atoms. The lowest BCUT2D eigenvalue weighted by Gasteiger charge is -2.16. The number of hydrogen-bond donors (Lipinski definition) is 0. The predicted octanol–water partition coefficient (Wildman–Crippen LogP) is 2.27. The van der Waals surface area contributed by atoms with Crippen molar-refractivity contribution in [2.75, 3.05) is 13.1 Å². The van der Waals surface area contributed by atoms with Crippen LogP contribution in [-0.4, -0.2) is 34.1 Å². The normalized spacial score (nSPS) is 19.1. The van der Waals surface area contributed by atoms with Crippen molar-refractivity contribution in [2.45, 2.75) is 19.1 Å². The maximum Gasteiger partial charge on any atom is 0.216 e. The Balaban J connectivity index is 1.54. The minimum Gasteiger partial charge on any atom is -0.473 e. The zero-order valence-electron chi connectivity index (χ0n) is 11.1. The van der Waals surface area contributed by atoms with Gasteiger partial charge in [0.05, 0.1) is 0 Å². The lowest BCUT2D eigenvalue weighted by Crippen LogP contribution is -2.24. The molecule has 20 heavy (non-hydrogen) atoms. The minimum atomic E-state index is -0.507. The lowest BCUT2D eigenvalue weighted by molar-refractivity contribution is 0.189. The van der Waals surface area contributed by atoms with Gasteiger partial charge in [-0.3, -0.25) is 9.88 Å². The van der Waals surface area contributed by atoms with Gasteiger partial charge >= 0.3 is 0 Å². The summed E-state index contributed by atoms with van der Waals surface area (Å²) < 4.78 is 18.7.